The first kappa shape index (κ1) is 17.3. The number of hydrogen-bond donors (Lipinski definition) is 2. The van der Waals surface area contributed by atoms with Crippen molar-refractivity contribution in [3.63, 3.8) is 0 Å². The van der Waals surface area contributed by atoms with Gasteiger partial charge in [-0.2, -0.15) is 0 Å². The highest BCUT2D eigenvalue weighted by Gasteiger charge is 2.24. The number of piperidine rings is 1. The van der Waals surface area contributed by atoms with Crippen LogP contribution in [0, 0.1) is 0 Å². The average molecular weight is 349 g/mol. The van der Waals surface area contributed by atoms with Crippen molar-refractivity contribution in [2.45, 2.75) is 18.9 Å². The van der Waals surface area contributed by atoms with Crippen LogP contribution in [-0.4, -0.2) is 62.7 Å². The minimum atomic E-state index is -0.328. The molecular weight excluding hydrogens is 326 g/mol. The number of nitrogens with zero attached hydrogens (tertiary/aromatic N) is 1. The van der Waals surface area contributed by atoms with Crippen molar-refractivity contribution in [2.75, 3.05) is 40.0 Å². The molecule has 0 unspecified atom stereocenters. The third kappa shape index (κ3) is 4.14. The molecule has 0 saturated carbocycles. The van der Waals surface area contributed by atoms with Gasteiger partial charge in [-0.3, -0.25) is 14.5 Å². The maximum absolute atomic E-state index is 12.6. The van der Waals surface area contributed by atoms with E-state index in [1.807, 2.05) is 4.90 Å². The molecule has 25 heavy (non-hydrogen) atoms. The summed E-state index contributed by atoms with van der Waals surface area (Å²) in [6.07, 6.45) is 1.56. The second kappa shape index (κ2) is 7.60. The van der Waals surface area contributed by atoms with Gasteiger partial charge < -0.3 is 25.3 Å². The van der Waals surface area contributed by atoms with E-state index < -0.39 is 0 Å². The highest BCUT2D eigenvalue weighted by Crippen LogP contribution is 2.40. The third-order valence-corrected chi connectivity index (χ3v) is 4.39. The monoisotopic (exact) mass is 349 g/mol. The summed E-state index contributed by atoms with van der Waals surface area (Å²) in [6.45, 7) is 2.63. The number of nitrogens with one attached hydrogen (secondary N) is 1. The Morgan fingerprint density at radius 2 is 2.00 bits per heavy atom. The molecule has 3 rings (SSSR count). The summed E-state index contributed by atoms with van der Waals surface area (Å²) >= 11 is 0. The number of likely N-dealkylation sites (tertiary alicyclic amines) is 1. The van der Waals surface area contributed by atoms with E-state index >= 15 is 0 Å². The van der Waals surface area contributed by atoms with Crippen molar-refractivity contribution >= 4 is 11.8 Å². The summed E-state index contributed by atoms with van der Waals surface area (Å²) in [5.74, 6) is 1.03. The first-order valence-electron chi connectivity index (χ1n) is 8.36. The Hall–Kier alpha value is -2.48. The van der Waals surface area contributed by atoms with Gasteiger partial charge in [-0.1, -0.05) is 0 Å². The maximum atomic E-state index is 12.6. The van der Waals surface area contributed by atoms with Gasteiger partial charge in [0.25, 0.3) is 5.91 Å². The zero-order valence-electron chi connectivity index (χ0n) is 14.2. The molecular formula is C17H23N3O5. The summed E-state index contributed by atoms with van der Waals surface area (Å²) in [6, 6.07) is 3.40. The van der Waals surface area contributed by atoms with Gasteiger partial charge in [-0.25, -0.2) is 0 Å². The van der Waals surface area contributed by atoms with E-state index in [2.05, 4.69) is 5.32 Å². The molecule has 8 nitrogen and oxygen atoms in total. The highest BCUT2D eigenvalue weighted by atomic mass is 16.6. The van der Waals surface area contributed by atoms with Crippen LogP contribution < -0.4 is 25.3 Å². The fourth-order valence-electron chi connectivity index (χ4n) is 3.13. The largest absolute Gasteiger partial charge is 0.493 e. The van der Waals surface area contributed by atoms with Gasteiger partial charge in [-0.05, 0) is 25.0 Å². The SMILES string of the molecule is COc1cc(C(=O)NC2CCN(CC(N)=O)CC2)cc2c1OCCO2. The Balaban J connectivity index is 1.63. The summed E-state index contributed by atoms with van der Waals surface area (Å²) in [4.78, 5) is 25.5. The van der Waals surface area contributed by atoms with Crippen LogP contribution in [0.25, 0.3) is 0 Å². The molecule has 2 amide bonds. The number of nitrogens with two attached hydrogens (primary N) is 1. The number of benzene rings is 1. The normalized spacial score (nSPS) is 17.8. The van der Waals surface area contributed by atoms with Crippen LogP contribution in [-0.2, 0) is 4.79 Å². The van der Waals surface area contributed by atoms with Crippen molar-refractivity contribution in [1.82, 2.24) is 10.2 Å². The minimum absolute atomic E-state index is 0.0656. The number of primary amides is 1. The maximum Gasteiger partial charge on any atom is 0.251 e. The quantitative estimate of drug-likeness (QED) is 0.784. The molecule has 0 radical (unpaired) electrons. The zero-order chi connectivity index (χ0) is 17.8. The number of methoxy groups -OCH3 is 1. The highest BCUT2D eigenvalue weighted by molar-refractivity contribution is 5.95. The minimum Gasteiger partial charge on any atom is -0.493 e. The number of hydrogen-bond acceptors (Lipinski definition) is 6. The number of rotatable bonds is 5. The molecule has 2 heterocycles. The fraction of sp³-hybridized carbons (Fsp3) is 0.529. The molecule has 1 aromatic carbocycles. The van der Waals surface area contributed by atoms with Crippen LogP contribution in [0.15, 0.2) is 12.1 Å². The summed E-state index contributed by atoms with van der Waals surface area (Å²) in [5, 5.41) is 3.03. The van der Waals surface area contributed by atoms with E-state index in [9.17, 15) is 9.59 Å². The molecule has 0 spiro atoms. The van der Waals surface area contributed by atoms with Crippen LogP contribution >= 0.6 is 0 Å². The smallest absolute Gasteiger partial charge is 0.251 e. The van der Waals surface area contributed by atoms with E-state index in [1.165, 1.54) is 7.11 Å². The van der Waals surface area contributed by atoms with Crippen LogP contribution in [0.4, 0.5) is 0 Å². The van der Waals surface area contributed by atoms with E-state index in [1.54, 1.807) is 12.1 Å². The molecule has 8 heteroatoms. The second-order valence-corrected chi connectivity index (χ2v) is 6.19. The van der Waals surface area contributed by atoms with Gasteiger partial charge in [0.2, 0.25) is 11.7 Å². The van der Waals surface area contributed by atoms with Crippen LogP contribution in [0.5, 0.6) is 17.2 Å². The topological polar surface area (TPSA) is 103 Å². The van der Waals surface area contributed by atoms with Gasteiger partial charge in [0.15, 0.2) is 11.5 Å². The predicted molar refractivity (Wildman–Crippen MR) is 90.1 cm³/mol. The number of carbonyl (C=O) groups excluding carboxylic acids is 2. The van der Waals surface area contributed by atoms with Gasteiger partial charge in [-0.15, -0.1) is 0 Å². The molecule has 1 fully saturated rings. The standard InChI is InChI=1S/C17H23N3O5/c1-23-13-8-11(9-14-16(13)25-7-6-24-14)17(22)19-12-2-4-20(5-3-12)10-15(18)21/h8-9,12H,2-7,10H2,1H3,(H2,18,21)(H,19,22). The second-order valence-electron chi connectivity index (χ2n) is 6.19. The van der Waals surface area contributed by atoms with Gasteiger partial charge >= 0.3 is 0 Å². The number of amides is 2. The zero-order valence-corrected chi connectivity index (χ0v) is 14.2. The number of ether oxygens (including phenoxy) is 3. The van der Waals surface area contributed by atoms with Crippen LogP contribution in [0.1, 0.15) is 23.2 Å². The Bertz CT molecular complexity index is 639. The van der Waals surface area contributed by atoms with Crippen LogP contribution in [0.2, 0.25) is 0 Å². The molecule has 0 bridgehead atoms. The van der Waals surface area contributed by atoms with Crippen molar-refractivity contribution in [3.8, 4) is 17.2 Å². The van der Waals surface area contributed by atoms with E-state index in [0.29, 0.717) is 36.0 Å². The third-order valence-electron chi connectivity index (χ3n) is 4.39. The molecule has 136 valence electrons. The Morgan fingerprint density at radius 1 is 1.28 bits per heavy atom. The average Bonchev–Trinajstić information content (AvgIpc) is 2.62. The predicted octanol–water partition coefficient (Wildman–Crippen LogP) is 0.146. The van der Waals surface area contributed by atoms with E-state index in [-0.39, 0.29) is 24.4 Å². The van der Waals surface area contributed by atoms with Gasteiger partial charge in [0.1, 0.15) is 13.2 Å². The summed E-state index contributed by atoms with van der Waals surface area (Å²) in [7, 11) is 1.53. The lowest BCUT2D eigenvalue weighted by atomic mass is 10.0. The number of carbonyl (C=O) groups is 2. The molecule has 2 aliphatic rings. The Labute approximate surface area is 146 Å². The fourth-order valence-corrected chi connectivity index (χ4v) is 3.13. The van der Waals surface area contributed by atoms with Gasteiger partial charge in [0.05, 0.1) is 13.7 Å². The van der Waals surface area contributed by atoms with Crippen molar-refractivity contribution in [2.24, 2.45) is 5.73 Å². The first-order chi connectivity index (χ1) is 12.1. The lowest BCUT2D eigenvalue weighted by Gasteiger charge is -2.31. The summed E-state index contributed by atoms with van der Waals surface area (Å²) in [5.41, 5.74) is 5.69. The molecule has 3 N–H and O–H groups in total. The van der Waals surface area contributed by atoms with Gasteiger partial charge in [0, 0.05) is 24.7 Å². The number of fused-ring (bicyclic) bond motifs is 1. The summed E-state index contributed by atoms with van der Waals surface area (Å²) < 4.78 is 16.4. The Morgan fingerprint density at radius 3 is 2.68 bits per heavy atom. The molecule has 1 aromatic rings. The van der Waals surface area contributed by atoms with E-state index in [4.69, 9.17) is 19.9 Å². The Kier molecular flexibility index (Phi) is 5.28. The molecule has 0 aliphatic carbocycles. The van der Waals surface area contributed by atoms with Crippen LogP contribution in [0.3, 0.4) is 0 Å². The van der Waals surface area contributed by atoms with Crippen molar-refractivity contribution in [1.29, 1.82) is 0 Å². The first-order valence-corrected chi connectivity index (χ1v) is 8.36. The lowest BCUT2D eigenvalue weighted by molar-refractivity contribution is -0.119. The molecule has 2 aliphatic heterocycles. The van der Waals surface area contributed by atoms with Crippen molar-refractivity contribution < 1.29 is 23.8 Å². The molecule has 1 saturated heterocycles. The van der Waals surface area contributed by atoms with E-state index in [0.717, 1.165) is 25.9 Å². The molecule has 0 aromatic heterocycles. The van der Waals surface area contributed by atoms with Crippen molar-refractivity contribution in [3.05, 3.63) is 17.7 Å². The lowest BCUT2D eigenvalue weighted by Crippen LogP contribution is -2.46. The molecule has 0 atom stereocenters.